The molecule has 1 amide bonds. The molecule has 82 valence electrons. The fourth-order valence-electron chi connectivity index (χ4n) is 0.957. The minimum absolute atomic E-state index is 0.259. The van der Waals surface area contributed by atoms with E-state index >= 15 is 0 Å². The second-order valence-electron chi connectivity index (χ2n) is 2.70. The summed E-state index contributed by atoms with van der Waals surface area (Å²) in [6, 6.07) is 3.18. The number of nitrogens with one attached hydrogen (secondary N) is 2. The molecule has 16 heavy (non-hydrogen) atoms. The van der Waals surface area contributed by atoms with E-state index in [2.05, 4.69) is 30.5 Å². The number of carbonyl (C=O) groups excluding carboxylic acids is 1. The highest BCUT2D eigenvalue weighted by molar-refractivity contribution is 7.09. The van der Waals surface area contributed by atoms with Crippen LogP contribution < -0.4 is 16.6 Å². The molecule has 0 fully saturated rings. The second-order valence-corrected chi connectivity index (χ2v) is 3.43. The lowest BCUT2D eigenvalue weighted by atomic mass is 10.3. The number of hydrazine groups is 1. The van der Waals surface area contributed by atoms with Crippen molar-refractivity contribution in [3.8, 4) is 0 Å². The van der Waals surface area contributed by atoms with E-state index in [9.17, 15) is 4.79 Å². The Balaban J connectivity index is 2.09. The van der Waals surface area contributed by atoms with Gasteiger partial charge in [-0.2, -0.15) is 0 Å². The summed E-state index contributed by atoms with van der Waals surface area (Å²) in [5, 5.41) is 9.77. The van der Waals surface area contributed by atoms with Crippen LogP contribution in [0.2, 0.25) is 0 Å². The number of nitrogen functional groups attached to an aromatic ring is 1. The summed E-state index contributed by atoms with van der Waals surface area (Å²) >= 11 is 0.989. The molecule has 0 saturated carbocycles. The first-order chi connectivity index (χ1) is 7.79. The van der Waals surface area contributed by atoms with Gasteiger partial charge in [0.05, 0.1) is 11.9 Å². The molecule has 2 aromatic rings. The van der Waals surface area contributed by atoms with E-state index < -0.39 is 0 Å². The van der Waals surface area contributed by atoms with E-state index in [1.54, 1.807) is 12.1 Å². The molecule has 0 unspecified atom stereocenters. The van der Waals surface area contributed by atoms with E-state index in [4.69, 9.17) is 5.84 Å². The maximum Gasteiger partial charge on any atom is 0.276 e. The Labute approximate surface area is 94.0 Å². The Morgan fingerprint density at radius 3 is 2.88 bits per heavy atom. The van der Waals surface area contributed by atoms with Crippen LogP contribution >= 0.6 is 11.5 Å². The maximum absolute atomic E-state index is 11.6. The number of hydrogen-bond donors (Lipinski definition) is 3. The van der Waals surface area contributed by atoms with E-state index in [0.29, 0.717) is 10.8 Å². The van der Waals surface area contributed by atoms with Crippen molar-refractivity contribution in [2.45, 2.75) is 0 Å². The number of amides is 1. The smallest absolute Gasteiger partial charge is 0.276 e. The molecular weight excluding hydrogens is 230 g/mol. The fraction of sp³-hybridized carbons (Fsp3) is 0. The molecule has 8 nitrogen and oxygen atoms in total. The zero-order valence-corrected chi connectivity index (χ0v) is 8.73. The number of nitrogens with zero attached hydrogens (tertiary/aromatic N) is 4. The quantitative estimate of drug-likeness (QED) is 0.502. The molecule has 0 radical (unpaired) electrons. The van der Waals surface area contributed by atoms with Gasteiger partial charge in [-0.05, 0) is 17.3 Å². The van der Waals surface area contributed by atoms with Crippen LogP contribution in [0.25, 0.3) is 0 Å². The monoisotopic (exact) mass is 237 g/mol. The molecule has 0 atom stereocenters. The molecule has 2 rings (SSSR count). The third-order valence-electron chi connectivity index (χ3n) is 1.68. The van der Waals surface area contributed by atoms with Crippen LogP contribution in [0.4, 0.5) is 10.8 Å². The van der Waals surface area contributed by atoms with E-state index in [1.165, 1.54) is 6.20 Å². The molecule has 0 aliphatic carbocycles. The van der Waals surface area contributed by atoms with Crippen LogP contribution in [0, 0.1) is 0 Å². The Bertz CT molecular complexity index is 468. The minimum Gasteiger partial charge on any atom is -0.323 e. The van der Waals surface area contributed by atoms with E-state index in [0.717, 1.165) is 11.5 Å². The standard InChI is InChI=1S/C7H7N7OS/c8-11-4-1-2-5(9-3-4)6(15)10-7-12-13-14-16-7/h1-3,11H,8H2,(H,10,12,14,15). The van der Waals surface area contributed by atoms with Gasteiger partial charge in [-0.1, -0.05) is 9.59 Å². The predicted molar refractivity (Wildman–Crippen MR) is 57.7 cm³/mol. The average molecular weight is 237 g/mol. The first kappa shape index (κ1) is 10.4. The average Bonchev–Trinajstić information content (AvgIpc) is 2.82. The minimum atomic E-state index is -0.373. The highest BCUT2D eigenvalue weighted by atomic mass is 32.1. The molecule has 0 bridgehead atoms. The normalized spacial score (nSPS) is 9.81. The fourth-order valence-corrected chi connectivity index (χ4v) is 1.32. The molecule has 0 aromatic carbocycles. The van der Waals surface area contributed by atoms with Crippen molar-refractivity contribution >= 4 is 28.3 Å². The van der Waals surface area contributed by atoms with E-state index in [1.807, 2.05) is 0 Å². The van der Waals surface area contributed by atoms with Crippen molar-refractivity contribution in [1.29, 1.82) is 0 Å². The van der Waals surface area contributed by atoms with Crippen LogP contribution in [-0.4, -0.2) is 25.7 Å². The summed E-state index contributed by atoms with van der Waals surface area (Å²) in [6.45, 7) is 0. The second kappa shape index (κ2) is 4.59. The number of anilines is 2. The number of rotatable bonds is 3. The first-order valence-electron chi connectivity index (χ1n) is 4.18. The van der Waals surface area contributed by atoms with Gasteiger partial charge in [-0.25, -0.2) is 4.98 Å². The van der Waals surface area contributed by atoms with Crippen molar-refractivity contribution in [2.24, 2.45) is 5.84 Å². The lowest BCUT2D eigenvalue weighted by Gasteiger charge is -2.01. The molecule has 2 heterocycles. The van der Waals surface area contributed by atoms with Crippen molar-refractivity contribution in [3.63, 3.8) is 0 Å². The first-order valence-corrected chi connectivity index (χ1v) is 4.96. The van der Waals surface area contributed by atoms with Gasteiger partial charge in [-0.15, -0.1) is 0 Å². The molecule has 0 saturated heterocycles. The topological polar surface area (TPSA) is 119 Å². The lowest BCUT2D eigenvalue weighted by molar-refractivity contribution is 0.102. The maximum atomic E-state index is 11.6. The van der Waals surface area contributed by atoms with Gasteiger partial charge < -0.3 is 5.43 Å². The van der Waals surface area contributed by atoms with Gasteiger partial charge in [0.25, 0.3) is 5.91 Å². The molecule has 9 heteroatoms. The predicted octanol–water partition coefficient (Wildman–Crippen LogP) is -0.134. The van der Waals surface area contributed by atoms with Crippen molar-refractivity contribution in [3.05, 3.63) is 24.0 Å². The number of aromatic nitrogens is 4. The van der Waals surface area contributed by atoms with Crippen molar-refractivity contribution in [1.82, 2.24) is 19.8 Å². The van der Waals surface area contributed by atoms with Gasteiger partial charge in [0, 0.05) is 11.5 Å². The zero-order valence-electron chi connectivity index (χ0n) is 7.91. The highest BCUT2D eigenvalue weighted by Gasteiger charge is 2.09. The third kappa shape index (κ3) is 2.27. The SMILES string of the molecule is NNc1ccc(C(=O)Nc2nnns2)nc1. The number of hydrogen-bond acceptors (Lipinski definition) is 8. The number of nitrogens with two attached hydrogens (primary N) is 1. The summed E-state index contributed by atoms with van der Waals surface area (Å²) < 4.78 is 3.52. The van der Waals surface area contributed by atoms with Gasteiger partial charge in [-0.3, -0.25) is 16.0 Å². The molecule has 0 aliphatic rings. The van der Waals surface area contributed by atoms with Gasteiger partial charge in [0.2, 0.25) is 5.13 Å². The zero-order chi connectivity index (χ0) is 11.4. The molecule has 0 aliphatic heterocycles. The summed E-state index contributed by atoms with van der Waals surface area (Å²) in [7, 11) is 0. The summed E-state index contributed by atoms with van der Waals surface area (Å²) in [4.78, 5) is 15.5. The Hall–Kier alpha value is -2.13. The summed E-state index contributed by atoms with van der Waals surface area (Å²) in [5.74, 6) is 4.80. The molecule has 2 aromatic heterocycles. The van der Waals surface area contributed by atoms with Crippen molar-refractivity contribution in [2.75, 3.05) is 10.7 Å². The number of pyridine rings is 1. The molecule has 4 N–H and O–H groups in total. The summed E-state index contributed by atoms with van der Waals surface area (Å²) in [6.07, 6.45) is 1.45. The Kier molecular flexibility index (Phi) is 2.98. The third-order valence-corrected chi connectivity index (χ3v) is 2.19. The van der Waals surface area contributed by atoms with Gasteiger partial charge >= 0.3 is 0 Å². The summed E-state index contributed by atoms with van der Waals surface area (Å²) in [5.41, 5.74) is 3.29. The van der Waals surface area contributed by atoms with Crippen LogP contribution in [0.5, 0.6) is 0 Å². The van der Waals surface area contributed by atoms with Crippen LogP contribution in [0.15, 0.2) is 18.3 Å². The Morgan fingerprint density at radius 1 is 1.44 bits per heavy atom. The highest BCUT2D eigenvalue weighted by Crippen LogP contribution is 2.08. The van der Waals surface area contributed by atoms with Crippen LogP contribution in [0.1, 0.15) is 10.5 Å². The van der Waals surface area contributed by atoms with E-state index in [-0.39, 0.29) is 11.6 Å². The number of carbonyl (C=O) groups is 1. The van der Waals surface area contributed by atoms with Crippen LogP contribution in [0.3, 0.4) is 0 Å². The molecular formula is C7H7N7OS. The molecule has 0 spiro atoms. The lowest BCUT2D eigenvalue weighted by Crippen LogP contribution is -2.14. The van der Waals surface area contributed by atoms with Crippen molar-refractivity contribution < 1.29 is 4.79 Å². The largest absolute Gasteiger partial charge is 0.323 e. The Morgan fingerprint density at radius 2 is 2.31 bits per heavy atom. The van der Waals surface area contributed by atoms with Gasteiger partial charge in [0.1, 0.15) is 5.69 Å². The van der Waals surface area contributed by atoms with Crippen LogP contribution in [-0.2, 0) is 0 Å². The van der Waals surface area contributed by atoms with Gasteiger partial charge in [0.15, 0.2) is 0 Å².